The molecule has 0 spiro atoms. The summed E-state index contributed by atoms with van der Waals surface area (Å²) in [7, 11) is 0. The zero-order valence-electron chi connectivity index (χ0n) is 18.0. The first-order valence-corrected chi connectivity index (χ1v) is 11.2. The van der Waals surface area contributed by atoms with Crippen LogP contribution in [-0.4, -0.2) is 39.0 Å². The van der Waals surface area contributed by atoms with Crippen LogP contribution in [0.1, 0.15) is 32.2 Å². The van der Waals surface area contributed by atoms with Gasteiger partial charge in [0.25, 0.3) is 0 Å². The first-order chi connectivity index (χ1) is 14.5. The molecule has 0 unspecified atom stereocenters. The van der Waals surface area contributed by atoms with Gasteiger partial charge in [0.1, 0.15) is 5.82 Å². The number of aryl methyl sites for hydroxylation is 1. The van der Waals surface area contributed by atoms with Crippen molar-refractivity contribution in [1.82, 2.24) is 14.8 Å². The number of nitrogens with zero attached hydrogens (tertiary/aromatic N) is 4. The van der Waals surface area contributed by atoms with E-state index >= 15 is 0 Å². The molecule has 0 saturated heterocycles. The molecule has 1 N–H and O–H groups in total. The lowest BCUT2D eigenvalue weighted by atomic mass is 10.2. The van der Waals surface area contributed by atoms with Gasteiger partial charge in [0.2, 0.25) is 5.91 Å². The number of carbonyl (C=O) groups is 1. The Balaban J connectivity index is 1.58. The zero-order valence-corrected chi connectivity index (χ0v) is 18.8. The van der Waals surface area contributed by atoms with E-state index in [1.807, 2.05) is 54.0 Å². The van der Waals surface area contributed by atoms with Crippen LogP contribution in [-0.2, 0) is 11.3 Å². The van der Waals surface area contributed by atoms with Crippen LogP contribution in [0.2, 0.25) is 0 Å². The molecule has 0 bridgehead atoms. The van der Waals surface area contributed by atoms with Gasteiger partial charge in [-0.15, -0.1) is 10.2 Å². The van der Waals surface area contributed by atoms with E-state index < -0.39 is 0 Å². The van der Waals surface area contributed by atoms with Crippen molar-refractivity contribution in [3.8, 4) is 0 Å². The van der Waals surface area contributed by atoms with Gasteiger partial charge in [-0.2, -0.15) is 0 Å². The number of nitrogens with one attached hydrogen (secondary N) is 1. The molecule has 0 atom stereocenters. The maximum atomic E-state index is 12.4. The molecule has 2 aromatic carbocycles. The minimum Gasteiger partial charge on any atom is -0.369 e. The lowest BCUT2D eigenvalue weighted by Crippen LogP contribution is -2.30. The summed E-state index contributed by atoms with van der Waals surface area (Å²) in [5, 5.41) is 12.1. The highest BCUT2D eigenvalue weighted by Gasteiger charge is 2.13. The number of hydrogen-bond donors (Lipinski definition) is 1. The van der Waals surface area contributed by atoms with Crippen molar-refractivity contribution in [2.75, 3.05) is 22.5 Å². The van der Waals surface area contributed by atoms with Gasteiger partial charge in [-0.3, -0.25) is 4.79 Å². The molecular weight excluding hydrogens is 394 g/mol. The highest BCUT2D eigenvalue weighted by Crippen LogP contribution is 2.21. The molecule has 0 aliphatic heterocycles. The van der Waals surface area contributed by atoms with Gasteiger partial charge in [-0.1, -0.05) is 42.1 Å². The van der Waals surface area contributed by atoms with Gasteiger partial charge < -0.3 is 14.8 Å². The van der Waals surface area contributed by atoms with Gasteiger partial charge >= 0.3 is 0 Å². The Labute approximate surface area is 182 Å². The molecule has 0 saturated carbocycles. The van der Waals surface area contributed by atoms with Gasteiger partial charge in [0, 0.05) is 24.0 Å². The van der Waals surface area contributed by atoms with Crippen molar-refractivity contribution in [3.63, 3.8) is 0 Å². The van der Waals surface area contributed by atoms with Crippen molar-refractivity contribution >= 4 is 29.0 Å². The fourth-order valence-corrected chi connectivity index (χ4v) is 4.11. The zero-order chi connectivity index (χ0) is 21.5. The fourth-order valence-electron chi connectivity index (χ4n) is 3.33. The predicted octanol–water partition coefficient (Wildman–Crippen LogP) is 4.60. The largest absolute Gasteiger partial charge is 0.369 e. The number of rotatable bonds is 9. The van der Waals surface area contributed by atoms with E-state index in [0.29, 0.717) is 12.6 Å². The number of carbonyl (C=O) groups excluding carboxylic acids is 1. The Bertz CT molecular complexity index is 953. The van der Waals surface area contributed by atoms with Crippen LogP contribution in [0.15, 0.2) is 59.8 Å². The second-order valence-corrected chi connectivity index (χ2v) is 8.31. The standard InChI is InChI=1S/C23H29N5OS/c1-5-27(17(2)3)21-13-11-20(12-14-21)24-22(29)16-30-23-26-25-18(4)28(23)15-19-9-7-6-8-10-19/h6-14,17H,5,15-16H2,1-4H3,(H,24,29). The first kappa shape index (κ1) is 21.9. The SMILES string of the molecule is CCN(c1ccc(NC(=O)CSc2nnc(C)n2Cc2ccccc2)cc1)C(C)C. The van der Waals surface area contributed by atoms with E-state index in [0.717, 1.165) is 28.9 Å². The molecule has 3 rings (SSSR count). The number of thioether (sulfide) groups is 1. The van der Waals surface area contributed by atoms with Crippen LogP contribution in [0.4, 0.5) is 11.4 Å². The second-order valence-electron chi connectivity index (χ2n) is 7.37. The number of benzene rings is 2. The van der Waals surface area contributed by atoms with Gasteiger partial charge in [0.05, 0.1) is 12.3 Å². The monoisotopic (exact) mass is 423 g/mol. The molecule has 3 aromatic rings. The number of hydrogen-bond acceptors (Lipinski definition) is 5. The van der Waals surface area contributed by atoms with E-state index in [4.69, 9.17) is 0 Å². The number of anilines is 2. The quantitative estimate of drug-likeness (QED) is 0.510. The summed E-state index contributed by atoms with van der Waals surface area (Å²) >= 11 is 1.40. The van der Waals surface area contributed by atoms with E-state index in [1.54, 1.807) is 0 Å². The Morgan fingerprint density at radius 3 is 2.43 bits per heavy atom. The molecule has 1 amide bonds. The predicted molar refractivity (Wildman–Crippen MR) is 124 cm³/mol. The second kappa shape index (κ2) is 10.3. The van der Waals surface area contributed by atoms with E-state index in [-0.39, 0.29) is 11.7 Å². The lowest BCUT2D eigenvalue weighted by Gasteiger charge is -2.27. The van der Waals surface area contributed by atoms with Crippen LogP contribution in [0.5, 0.6) is 0 Å². The summed E-state index contributed by atoms with van der Waals surface area (Å²) in [6.07, 6.45) is 0. The van der Waals surface area contributed by atoms with Crippen molar-refractivity contribution in [3.05, 3.63) is 66.0 Å². The van der Waals surface area contributed by atoms with Crippen molar-refractivity contribution in [2.45, 2.75) is 45.4 Å². The summed E-state index contributed by atoms with van der Waals surface area (Å²) in [4.78, 5) is 14.8. The highest BCUT2D eigenvalue weighted by molar-refractivity contribution is 7.99. The Kier molecular flexibility index (Phi) is 7.52. The van der Waals surface area contributed by atoms with Crippen LogP contribution in [0.3, 0.4) is 0 Å². The smallest absolute Gasteiger partial charge is 0.234 e. The summed E-state index contributed by atoms with van der Waals surface area (Å²) in [6, 6.07) is 18.6. The Morgan fingerprint density at radius 1 is 1.10 bits per heavy atom. The molecule has 0 radical (unpaired) electrons. The third-order valence-electron chi connectivity index (χ3n) is 4.86. The van der Waals surface area contributed by atoms with E-state index in [2.05, 4.69) is 53.3 Å². The topological polar surface area (TPSA) is 63.1 Å². The van der Waals surface area contributed by atoms with Crippen LogP contribution >= 0.6 is 11.8 Å². The normalized spacial score (nSPS) is 11.0. The van der Waals surface area contributed by atoms with E-state index in [1.165, 1.54) is 17.3 Å². The van der Waals surface area contributed by atoms with Crippen LogP contribution in [0.25, 0.3) is 0 Å². The summed E-state index contributed by atoms with van der Waals surface area (Å²) in [5.41, 5.74) is 3.13. The van der Waals surface area contributed by atoms with Crippen molar-refractivity contribution in [2.24, 2.45) is 0 Å². The molecule has 1 aromatic heterocycles. The third kappa shape index (κ3) is 5.63. The molecule has 158 valence electrons. The molecule has 30 heavy (non-hydrogen) atoms. The summed E-state index contributed by atoms with van der Waals surface area (Å²) in [5.74, 6) is 1.06. The third-order valence-corrected chi connectivity index (χ3v) is 5.83. The van der Waals surface area contributed by atoms with Crippen molar-refractivity contribution < 1.29 is 4.79 Å². The van der Waals surface area contributed by atoms with Gasteiger partial charge in [0.15, 0.2) is 5.16 Å². The highest BCUT2D eigenvalue weighted by atomic mass is 32.2. The number of aromatic nitrogens is 3. The summed E-state index contributed by atoms with van der Waals surface area (Å²) in [6.45, 7) is 10.1. The maximum absolute atomic E-state index is 12.4. The minimum atomic E-state index is -0.0594. The van der Waals surface area contributed by atoms with Crippen molar-refractivity contribution in [1.29, 1.82) is 0 Å². The molecule has 0 fully saturated rings. The minimum absolute atomic E-state index is 0.0594. The van der Waals surface area contributed by atoms with E-state index in [9.17, 15) is 4.79 Å². The molecular formula is C23H29N5OS. The average molecular weight is 424 g/mol. The van der Waals surface area contributed by atoms with Gasteiger partial charge in [-0.25, -0.2) is 0 Å². The first-order valence-electron chi connectivity index (χ1n) is 10.2. The Morgan fingerprint density at radius 2 is 1.80 bits per heavy atom. The number of amides is 1. The maximum Gasteiger partial charge on any atom is 0.234 e. The summed E-state index contributed by atoms with van der Waals surface area (Å²) < 4.78 is 2.04. The Hall–Kier alpha value is -2.80. The molecule has 6 nitrogen and oxygen atoms in total. The van der Waals surface area contributed by atoms with Crippen LogP contribution in [0, 0.1) is 6.92 Å². The molecule has 0 aliphatic rings. The fraction of sp³-hybridized carbons (Fsp3) is 0.348. The van der Waals surface area contributed by atoms with Crippen LogP contribution < -0.4 is 10.2 Å². The molecule has 0 aliphatic carbocycles. The van der Waals surface area contributed by atoms with Gasteiger partial charge in [-0.05, 0) is 57.5 Å². The molecule has 1 heterocycles. The average Bonchev–Trinajstić information content (AvgIpc) is 3.08. The molecule has 7 heteroatoms. The lowest BCUT2D eigenvalue weighted by molar-refractivity contribution is -0.113.